The monoisotopic (exact) mass is 285 g/mol. The highest BCUT2D eigenvalue weighted by atomic mass is 32.2. The minimum atomic E-state index is -4.26. The first-order valence-electron chi connectivity index (χ1n) is 5.96. The molecule has 1 nitrogen and oxygen atoms in total. The number of hydrogen-bond donors (Lipinski definition) is 0. The van der Waals surface area contributed by atoms with Gasteiger partial charge in [-0.2, -0.15) is 13.2 Å². The predicted molar refractivity (Wildman–Crippen MR) is 73.4 cm³/mol. The van der Waals surface area contributed by atoms with Gasteiger partial charge in [-0.3, -0.25) is 4.99 Å². The molecule has 0 N–H and O–H groups in total. The number of aryl methyl sites for hydroxylation is 1. The summed E-state index contributed by atoms with van der Waals surface area (Å²) in [7, 11) is 0. The fourth-order valence-electron chi connectivity index (χ4n) is 1.97. The molecular formula is C14H14F3NS. The Hall–Kier alpha value is -1.23. The molecule has 1 aromatic rings. The minimum Gasteiger partial charge on any atom is -0.258 e. The molecule has 0 saturated carbocycles. The number of rotatable bonds is 2. The van der Waals surface area contributed by atoms with Crippen molar-refractivity contribution < 1.29 is 13.2 Å². The van der Waals surface area contributed by atoms with Crippen LogP contribution in [0.15, 0.2) is 34.2 Å². The smallest absolute Gasteiger partial charge is 0.258 e. The lowest BCUT2D eigenvalue weighted by Crippen LogP contribution is -2.01. The summed E-state index contributed by atoms with van der Waals surface area (Å²) in [5.41, 5.74) is -0.728. The van der Waals surface area contributed by atoms with Crippen molar-refractivity contribution in [3.8, 4) is 0 Å². The average Bonchev–Trinajstić information content (AvgIpc) is 2.30. The number of nitrogens with zero attached hydrogens (tertiary/aromatic N) is 1. The molecule has 0 fully saturated rings. The molecule has 5 heteroatoms. The number of benzene rings is 1. The number of aliphatic imine (C=N–C) groups is 1. The lowest BCUT2D eigenvalue weighted by Gasteiger charge is -2.14. The minimum absolute atomic E-state index is 0.0873. The number of halogens is 3. The van der Waals surface area contributed by atoms with Gasteiger partial charge in [0.2, 0.25) is 0 Å². The van der Waals surface area contributed by atoms with Crippen molar-refractivity contribution in [2.45, 2.75) is 37.1 Å². The van der Waals surface area contributed by atoms with Gasteiger partial charge in [0.1, 0.15) is 0 Å². The summed E-state index contributed by atoms with van der Waals surface area (Å²) in [4.78, 5) is 4.64. The van der Waals surface area contributed by atoms with Gasteiger partial charge in [0.15, 0.2) is 0 Å². The van der Waals surface area contributed by atoms with Crippen LogP contribution >= 0.6 is 11.8 Å². The molecule has 1 aliphatic rings. The number of allylic oxidation sites excluding steroid dienone is 1. The van der Waals surface area contributed by atoms with Gasteiger partial charge in [-0.05, 0) is 56.1 Å². The third-order valence-corrected chi connectivity index (χ3v) is 3.59. The molecule has 1 aromatic carbocycles. The van der Waals surface area contributed by atoms with Crippen LogP contribution in [0.4, 0.5) is 13.2 Å². The summed E-state index contributed by atoms with van der Waals surface area (Å²) in [5, 5.41) is 0. The molecule has 0 amide bonds. The maximum Gasteiger partial charge on any atom is 0.446 e. The van der Waals surface area contributed by atoms with Gasteiger partial charge in [0, 0.05) is 16.2 Å². The average molecular weight is 285 g/mol. The zero-order chi connectivity index (χ0) is 14.0. The van der Waals surface area contributed by atoms with Gasteiger partial charge in [0.05, 0.1) is 5.70 Å². The van der Waals surface area contributed by atoms with Gasteiger partial charge >= 0.3 is 5.51 Å². The van der Waals surface area contributed by atoms with Crippen LogP contribution in [0.5, 0.6) is 0 Å². The van der Waals surface area contributed by atoms with Crippen LogP contribution in [-0.4, -0.2) is 11.2 Å². The summed E-state index contributed by atoms with van der Waals surface area (Å²) in [5.74, 6) is 0. The second-order valence-corrected chi connectivity index (χ2v) is 5.64. The summed E-state index contributed by atoms with van der Waals surface area (Å²) in [6.45, 7) is 3.83. The second-order valence-electron chi connectivity index (χ2n) is 4.50. The summed E-state index contributed by atoms with van der Waals surface area (Å²) in [6, 6.07) is 4.78. The maximum atomic E-state index is 12.4. The van der Waals surface area contributed by atoms with Gasteiger partial charge in [-0.1, -0.05) is 12.1 Å². The van der Waals surface area contributed by atoms with E-state index in [9.17, 15) is 13.2 Å². The quantitative estimate of drug-likeness (QED) is 0.680. The Balaban J connectivity index is 2.35. The molecule has 2 rings (SSSR count). The molecule has 0 aliphatic carbocycles. The third kappa shape index (κ3) is 3.86. The molecule has 0 spiro atoms. The van der Waals surface area contributed by atoms with Crippen molar-refractivity contribution >= 4 is 23.2 Å². The third-order valence-electron chi connectivity index (χ3n) is 2.87. The molecule has 0 unspecified atom stereocenters. The van der Waals surface area contributed by atoms with Gasteiger partial charge in [-0.25, -0.2) is 0 Å². The Morgan fingerprint density at radius 2 is 1.95 bits per heavy atom. The Labute approximate surface area is 114 Å². The van der Waals surface area contributed by atoms with Crippen LogP contribution in [0.3, 0.4) is 0 Å². The van der Waals surface area contributed by atoms with Crippen LogP contribution in [0.1, 0.15) is 30.9 Å². The molecule has 0 saturated heterocycles. The van der Waals surface area contributed by atoms with Crippen molar-refractivity contribution in [2.75, 3.05) is 0 Å². The van der Waals surface area contributed by atoms with Gasteiger partial charge in [-0.15, -0.1) is 0 Å². The number of thioether (sulfide) groups is 1. The van der Waals surface area contributed by atoms with Crippen LogP contribution in [-0.2, 0) is 0 Å². The van der Waals surface area contributed by atoms with E-state index in [2.05, 4.69) is 4.99 Å². The first-order chi connectivity index (χ1) is 8.85. The Morgan fingerprint density at radius 3 is 2.58 bits per heavy atom. The highest BCUT2D eigenvalue weighted by Crippen LogP contribution is 2.38. The van der Waals surface area contributed by atoms with Crippen molar-refractivity contribution in [3.05, 3.63) is 35.4 Å². The Kier molecular flexibility index (Phi) is 4.04. The van der Waals surface area contributed by atoms with Crippen molar-refractivity contribution in [1.82, 2.24) is 0 Å². The lowest BCUT2D eigenvalue weighted by molar-refractivity contribution is -0.0328. The SMILES string of the molecule is CC1=NC(c2cc(SC(F)(F)F)ccc2C)=CCC1. The molecule has 102 valence electrons. The molecule has 1 aliphatic heterocycles. The molecular weight excluding hydrogens is 271 g/mol. The summed E-state index contributed by atoms with van der Waals surface area (Å²) >= 11 is -0.0873. The second kappa shape index (κ2) is 5.41. The van der Waals surface area contributed by atoms with Crippen LogP contribution in [0, 0.1) is 6.92 Å². The molecule has 0 atom stereocenters. The molecule has 0 radical (unpaired) electrons. The van der Waals surface area contributed by atoms with E-state index in [0.717, 1.165) is 35.4 Å². The normalized spacial score (nSPS) is 16.1. The zero-order valence-electron chi connectivity index (χ0n) is 10.7. The van der Waals surface area contributed by atoms with Crippen molar-refractivity contribution in [3.63, 3.8) is 0 Å². The van der Waals surface area contributed by atoms with E-state index < -0.39 is 5.51 Å². The van der Waals surface area contributed by atoms with Crippen molar-refractivity contribution in [2.24, 2.45) is 4.99 Å². The molecule has 0 bridgehead atoms. The van der Waals surface area contributed by atoms with Gasteiger partial charge < -0.3 is 0 Å². The fourth-order valence-corrected chi connectivity index (χ4v) is 2.55. The number of alkyl halides is 3. The van der Waals surface area contributed by atoms with E-state index >= 15 is 0 Å². The van der Waals surface area contributed by atoms with Crippen molar-refractivity contribution in [1.29, 1.82) is 0 Å². The summed E-state index contributed by atoms with van der Waals surface area (Å²) in [6.07, 6.45) is 3.79. The lowest BCUT2D eigenvalue weighted by atomic mass is 10.0. The van der Waals surface area contributed by atoms with E-state index in [1.54, 1.807) is 12.1 Å². The fraction of sp³-hybridized carbons (Fsp3) is 0.357. The highest BCUT2D eigenvalue weighted by molar-refractivity contribution is 8.00. The van der Waals surface area contributed by atoms with E-state index in [0.29, 0.717) is 0 Å². The van der Waals surface area contributed by atoms with Crippen LogP contribution < -0.4 is 0 Å². The Bertz CT molecular complexity index is 544. The van der Waals surface area contributed by atoms with E-state index in [1.807, 2.05) is 19.9 Å². The number of hydrogen-bond acceptors (Lipinski definition) is 2. The van der Waals surface area contributed by atoms with E-state index in [-0.39, 0.29) is 16.7 Å². The molecule has 1 heterocycles. The molecule has 0 aromatic heterocycles. The summed E-state index contributed by atoms with van der Waals surface area (Å²) < 4.78 is 37.2. The topological polar surface area (TPSA) is 12.4 Å². The Morgan fingerprint density at radius 1 is 1.21 bits per heavy atom. The van der Waals surface area contributed by atoms with E-state index in [1.165, 1.54) is 6.07 Å². The largest absolute Gasteiger partial charge is 0.446 e. The first-order valence-corrected chi connectivity index (χ1v) is 6.78. The van der Waals surface area contributed by atoms with Crippen LogP contribution in [0.2, 0.25) is 0 Å². The van der Waals surface area contributed by atoms with Gasteiger partial charge in [0.25, 0.3) is 0 Å². The molecule has 19 heavy (non-hydrogen) atoms. The standard InChI is InChI=1S/C14H14F3NS/c1-9-6-7-11(19-14(15,16)17)8-12(9)13-5-3-4-10(2)18-13/h5-8H,3-4H2,1-2H3. The van der Waals surface area contributed by atoms with E-state index in [4.69, 9.17) is 0 Å². The maximum absolute atomic E-state index is 12.4. The van der Waals surface area contributed by atoms with Crippen LogP contribution in [0.25, 0.3) is 5.70 Å². The highest BCUT2D eigenvalue weighted by Gasteiger charge is 2.29. The zero-order valence-corrected chi connectivity index (χ0v) is 11.5. The first kappa shape index (κ1) is 14.2. The predicted octanol–water partition coefficient (Wildman–Crippen LogP) is 5.20.